The molecule has 6 heteroatoms. The van der Waals surface area contributed by atoms with Gasteiger partial charge in [0.15, 0.2) is 10.8 Å². The molecule has 2 rings (SSSR count). The van der Waals surface area contributed by atoms with Crippen LogP contribution in [0.15, 0.2) is 0 Å². The predicted molar refractivity (Wildman–Crippen MR) is 56.8 cm³/mol. The number of hydrogen-bond donors (Lipinski definition) is 2. The first-order valence-corrected chi connectivity index (χ1v) is 5.59. The third-order valence-corrected chi connectivity index (χ3v) is 3.53. The highest BCUT2D eigenvalue weighted by atomic mass is 16.7. The van der Waals surface area contributed by atoms with Gasteiger partial charge < -0.3 is 9.47 Å². The molecule has 0 aromatic rings. The Morgan fingerprint density at radius 2 is 1.88 bits per heavy atom. The molecule has 0 amide bonds. The molecule has 0 aromatic heterocycles. The van der Waals surface area contributed by atoms with Gasteiger partial charge in [-0.25, -0.2) is 4.99 Å². The van der Waals surface area contributed by atoms with Crippen LogP contribution in [0.25, 0.3) is 0 Å². The molecule has 0 unspecified atom stereocenters. The van der Waals surface area contributed by atoms with Crippen LogP contribution in [-0.4, -0.2) is 25.0 Å². The van der Waals surface area contributed by atoms with Crippen LogP contribution < -0.4 is 10.7 Å². The Morgan fingerprint density at radius 3 is 2.24 bits per heavy atom. The lowest BCUT2D eigenvalue weighted by atomic mass is 9.94. The van der Waals surface area contributed by atoms with Gasteiger partial charge >= 0.3 is 5.91 Å². The van der Waals surface area contributed by atoms with Gasteiger partial charge in [0.25, 0.3) is 5.84 Å². The van der Waals surface area contributed by atoms with Crippen molar-refractivity contribution in [3.05, 3.63) is 0 Å². The maximum absolute atomic E-state index is 9.40. The minimum Gasteiger partial charge on any atom is -0.314 e. The minimum atomic E-state index is -1.29. The van der Waals surface area contributed by atoms with Gasteiger partial charge in [-0.1, -0.05) is 0 Å². The summed E-state index contributed by atoms with van der Waals surface area (Å²) in [6, 6.07) is 4.28. The van der Waals surface area contributed by atoms with Crippen molar-refractivity contribution in [3.63, 3.8) is 0 Å². The SMILES string of the molecule is CCOC1(OCC)[NH+]=C(N)[C@]2(C#N)C[C@]12C#N. The molecule has 1 saturated carbocycles. The second kappa shape index (κ2) is 3.43. The third-order valence-electron chi connectivity index (χ3n) is 3.53. The van der Waals surface area contributed by atoms with Crippen molar-refractivity contribution < 1.29 is 14.5 Å². The number of rotatable bonds is 4. The molecule has 90 valence electrons. The van der Waals surface area contributed by atoms with Crippen LogP contribution in [0.1, 0.15) is 20.3 Å². The Labute approximate surface area is 99.6 Å². The number of nitriles is 2. The Morgan fingerprint density at radius 1 is 1.29 bits per heavy atom. The Hall–Kier alpha value is -1.63. The van der Waals surface area contributed by atoms with Gasteiger partial charge in [0, 0.05) is 6.42 Å². The summed E-state index contributed by atoms with van der Waals surface area (Å²) in [5.41, 5.74) is 3.82. The zero-order valence-corrected chi connectivity index (χ0v) is 9.91. The Kier molecular flexibility index (Phi) is 2.39. The van der Waals surface area contributed by atoms with Crippen molar-refractivity contribution in [1.29, 1.82) is 10.5 Å². The maximum atomic E-state index is 9.40. The molecule has 17 heavy (non-hydrogen) atoms. The predicted octanol–water partition coefficient (Wildman–Crippen LogP) is -1.41. The van der Waals surface area contributed by atoms with Crippen molar-refractivity contribution in [2.45, 2.75) is 26.2 Å². The number of nitrogens with two attached hydrogens (primary N) is 1. The summed E-state index contributed by atoms with van der Waals surface area (Å²) in [6.07, 6.45) is 0.353. The van der Waals surface area contributed by atoms with Gasteiger partial charge in [0.1, 0.15) is 0 Å². The molecule has 1 aliphatic heterocycles. The number of fused-ring (bicyclic) bond motifs is 1. The molecule has 0 radical (unpaired) electrons. The molecule has 2 atom stereocenters. The van der Waals surface area contributed by atoms with E-state index in [2.05, 4.69) is 17.1 Å². The summed E-state index contributed by atoms with van der Waals surface area (Å²) < 4.78 is 11.1. The lowest BCUT2D eigenvalue weighted by Gasteiger charge is -2.28. The largest absolute Gasteiger partial charge is 0.342 e. The van der Waals surface area contributed by atoms with Gasteiger partial charge in [-0.15, -0.1) is 0 Å². The van der Waals surface area contributed by atoms with Crippen LogP contribution in [0.3, 0.4) is 0 Å². The molecule has 0 spiro atoms. The van der Waals surface area contributed by atoms with E-state index < -0.39 is 16.7 Å². The van der Waals surface area contributed by atoms with Crippen LogP contribution in [0.2, 0.25) is 0 Å². The quantitative estimate of drug-likeness (QED) is 0.582. The normalized spacial score (nSPS) is 36.6. The van der Waals surface area contributed by atoms with Crippen molar-refractivity contribution >= 4 is 5.84 Å². The summed E-state index contributed by atoms with van der Waals surface area (Å²) in [7, 11) is 0. The topological polar surface area (TPSA) is 106 Å². The standard InChI is InChI=1S/C11H14N4O2/c1-3-16-11(17-4-2)10(7-13)5-9(10,6-12)8(14)15-11/h3-5H2,1-2H3,(H2,14,15)/p+1/t9-,10-/m1/s1. The second-order valence-corrected chi connectivity index (χ2v) is 4.23. The van der Waals surface area contributed by atoms with E-state index >= 15 is 0 Å². The Balaban J connectivity index is 2.50. The molecular weight excluding hydrogens is 220 g/mol. The van der Waals surface area contributed by atoms with E-state index in [1.54, 1.807) is 13.8 Å². The lowest BCUT2D eigenvalue weighted by molar-refractivity contribution is -0.692. The first kappa shape index (κ1) is 11.8. The average molecular weight is 235 g/mol. The van der Waals surface area contributed by atoms with E-state index in [0.717, 1.165) is 0 Å². The van der Waals surface area contributed by atoms with Crippen molar-refractivity contribution in [1.82, 2.24) is 0 Å². The van der Waals surface area contributed by atoms with Gasteiger partial charge in [-0.05, 0) is 13.8 Å². The number of nitrogens with one attached hydrogen (secondary N) is 1. The van der Waals surface area contributed by atoms with Gasteiger partial charge in [-0.2, -0.15) is 10.5 Å². The zero-order valence-electron chi connectivity index (χ0n) is 9.91. The summed E-state index contributed by atoms with van der Waals surface area (Å²) >= 11 is 0. The molecular formula is C11H15N4O2+. The highest BCUT2D eigenvalue weighted by Gasteiger charge is 2.90. The maximum Gasteiger partial charge on any atom is 0.342 e. The lowest BCUT2D eigenvalue weighted by Crippen LogP contribution is -2.90. The van der Waals surface area contributed by atoms with E-state index in [1.165, 1.54) is 0 Å². The number of nitrogens with zero attached hydrogens (tertiary/aromatic N) is 2. The van der Waals surface area contributed by atoms with Gasteiger partial charge in [-0.3, -0.25) is 5.73 Å². The molecule has 6 nitrogen and oxygen atoms in total. The fourth-order valence-corrected chi connectivity index (χ4v) is 2.64. The molecule has 0 aromatic carbocycles. The van der Waals surface area contributed by atoms with Gasteiger partial charge in [0.05, 0.1) is 25.4 Å². The highest BCUT2D eigenvalue weighted by Crippen LogP contribution is 2.69. The zero-order chi connectivity index (χ0) is 12.7. The third kappa shape index (κ3) is 1.07. The molecule has 1 heterocycles. The molecule has 3 N–H and O–H groups in total. The first-order valence-electron chi connectivity index (χ1n) is 5.59. The van der Waals surface area contributed by atoms with E-state index in [-0.39, 0.29) is 5.84 Å². The van der Waals surface area contributed by atoms with E-state index in [4.69, 9.17) is 15.2 Å². The average Bonchev–Trinajstić information content (AvgIpc) is 2.96. The fraction of sp³-hybridized carbons (Fsp3) is 0.727. The van der Waals surface area contributed by atoms with Crippen LogP contribution in [0.5, 0.6) is 0 Å². The molecule has 0 bridgehead atoms. The summed E-state index contributed by atoms with van der Waals surface area (Å²) in [5, 5.41) is 18.6. The van der Waals surface area contributed by atoms with Crippen LogP contribution >= 0.6 is 0 Å². The highest BCUT2D eigenvalue weighted by molar-refractivity contribution is 5.92. The summed E-state index contributed by atoms with van der Waals surface area (Å²) in [4.78, 5) is 2.86. The van der Waals surface area contributed by atoms with Crippen LogP contribution in [0, 0.1) is 33.5 Å². The second-order valence-electron chi connectivity index (χ2n) is 4.23. The molecule has 1 fully saturated rings. The number of ether oxygens (including phenoxy) is 2. The molecule has 1 aliphatic carbocycles. The smallest absolute Gasteiger partial charge is 0.314 e. The van der Waals surface area contributed by atoms with Crippen LogP contribution in [0.4, 0.5) is 0 Å². The number of amidine groups is 1. The van der Waals surface area contributed by atoms with Gasteiger partial charge in [0.2, 0.25) is 0 Å². The Bertz CT molecular complexity index is 455. The van der Waals surface area contributed by atoms with Crippen molar-refractivity contribution in [2.75, 3.05) is 13.2 Å². The van der Waals surface area contributed by atoms with Crippen molar-refractivity contribution in [2.24, 2.45) is 16.6 Å². The van der Waals surface area contributed by atoms with Crippen molar-refractivity contribution in [3.8, 4) is 12.1 Å². The first-order chi connectivity index (χ1) is 8.08. The minimum absolute atomic E-state index is 0.267. The summed E-state index contributed by atoms with van der Waals surface area (Å²) in [5.74, 6) is -1.02. The van der Waals surface area contributed by atoms with Crippen LogP contribution in [-0.2, 0) is 9.47 Å². The number of hydrogen-bond acceptors (Lipinski definition) is 5. The van der Waals surface area contributed by atoms with E-state index in [9.17, 15) is 10.5 Å². The summed E-state index contributed by atoms with van der Waals surface area (Å²) in [6.45, 7) is 4.34. The fourth-order valence-electron chi connectivity index (χ4n) is 2.64. The monoisotopic (exact) mass is 235 g/mol. The molecule has 2 aliphatic rings. The molecule has 0 saturated heterocycles. The van der Waals surface area contributed by atoms with E-state index in [1.807, 2.05) is 0 Å². The van der Waals surface area contributed by atoms with E-state index in [0.29, 0.717) is 19.6 Å².